The second-order valence-electron chi connectivity index (χ2n) is 6.42. The summed E-state index contributed by atoms with van der Waals surface area (Å²) < 4.78 is 0. The molecule has 2 aromatic rings. The highest BCUT2D eigenvalue weighted by atomic mass is 28.3. The molecule has 0 aliphatic rings. The summed E-state index contributed by atoms with van der Waals surface area (Å²) in [5.74, 6) is 9.28. The second-order valence-corrected chi connectivity index (χ2v) is 11.4. The van der Waals surface area contributed by atoms with Crippen molar-refractivity contribution in [3.8, 4) is 34.7 Å². The molecule has 0 N–H and O–H groups in total. The van der Waals surface area contributed by atoms with E-state index in [1.807, 2.05) is 44.3 Å². The molecule has 2 nitrogen and oxygen atoms in total. The van der Waals surface area contributed by atoms with E-state index in [4.69, 9.17) is 0 Å². The van der Waals surface area contributed by atoms with E-state index < -0.39 is 8.07 Å². The molecule has 0 bridgehead atoms. The third-order valence-corrected chi connectivity index (χ3v) is 9.59. The van der Waals surface area contributed by atoms with Crippen LogP contribution in [0.4, 0.5) is 0 Å². The molecule has 2 rings (SSSR count). The zero-order chi connectivity index (χ0) is 18.3. The van der Waals surface area contributed by atoms with Gasteiger partial charge in [-0.1, -0.05) is 32.9 Å². The summed E-state index contributed by atoms with van der Waals surface area (Å²) in [6, 6.07) is 11.7. The summed E-state index contributed by atoms with van der Waals surface area (Å²) in [5.41, 5.74) is 8.21. The highest BCUT2D eigenvalue weighted by Gasteiger charge is 2.23. The fourth-order valence-electron chi connectivity index (χ4n) is 2.69. The van der Waals surface area contributed by atoms with E-state index in [-0.39, 0.29) is 0 Å². The third kappa shape index (κ3) is 4.81. The third-order valence-electron chi connectivity index (χ3n) is 4.87. The van der Waals surface area contributed by atoms with Crippen molar-refractivity contribution in [1.29, 1.82) is 0 Å². The lowest BCUT2D eigenvalue weighted by atomic mass is 10.1. The van der Waals surface area contributed by atoms with Crippen LogP contribution in [-0.4, -0.2) is 18.0 Å². The van der Waals surface area contributed by atoms with E-state index in [9.17, 15) is 0 Å². The van der Waals surface area contributed by atoms with Gasteiger partial charge in [0.1, 0.15) is 13.8 Å². The Kier molecular flexibility index (Phi) is 6.56. The van der Waals surface area contributed by atoms with Crippen molar-refractivity contribution in [3.05, 3.63) is 47.3 Å². The zero-order valence-electron chi connectivity index (χ0n) is 15.9. The van der Waals surface area contributed by atoms with Crippen molar-refractivity contribution >= 4 is 8.07 Å². The largest absolute Gasteiger partial charge is 0.254 e. The van der Waals surface area contributed by atoms with Gasteiger partial charge in [-0.2, -0.15) is 0 Å². The van der Waals surface area contributed by atoms with E-state index in [1.165, 1.54) is 18.1 Å². The molecule has 0 atom stereocenters. The van der Waals surface area contributed by atoms with Crippen LogP contribution in [0.25, 0.3) is 11.4 Å². The predicted octanol–water partition coefficient (Wildman–Crippen LogP) is 5.16. The van der Waals surface area contributed by atoms with E-state index in [0.717, 1.165) is 28.2 Å². The molecule has 0 aliphatic heterocycles. The van der Waals surface area contributed by atoms with Crippen LogP contribution in [0.5, 0.6) is 0 Å². The summed E-state index contributed by atoms with van der Waals surface area (Å²) in [6.45, 7) is 10.8. The van der Waals surface area contributed by atoms with Gasteiger partial charge < -0.3 is 0 Å². The maximum Gasteiger partial charge on any atom is 0.139 e. The van der Waals surface area contributed by atoms with Crippen LogP contribution < -0.4 is 0 Å². The van der Waals surface area contributed by atoms with Gasteiger partial charge in [-0.05, 0) is 73.0 Å². The van der Waals surface area contributed by atoms with Crippen LogP contribution in [0, 0.1) is 37.2 Å². The number of rotatable bonds is 4. The van der Waals surface area contributed by atoms with Crippen molar-refractivity contribution in [3.63, 3.8) is 0 Å². The molecule has 0 saturated heterocycles. The molecule has 2 aromatic heterocycles. The Balaban J connectivity index is 2.30. The molecule has 0 aliphatic carbocycles. The molecule has 0 radical (unpaired) electrons. The standard InChI is InChI=1S/C22H26N2Si/c1-6-25(7-2,8-3)16-10-9-11-20-19(5)13-15-22(24-20)21-14-12-18(4)17-23-21/h12-15,17H,6-8H2,1-5H3. The minimum Gasteiger partial charge on any atom is -0.254 e. The molecule has 0 saturated carbocycles. The zero-order valence-corrected chi connectivity index (χ0v) is 16.9. The van der Waals surface area contributed by atoms with Crippen LogP contribution in [0.1, 0.15) is 37.6 Å². The van der Waals surface area contributed by atoms with Crippen molar-refractivity contribution in [2.75, 3.05) is 0 Å². The minimum atomic E-state index is -1.43. The Morgan fingerprint density at radius 2 is 1.56 bits per heavy atom. The molecule has 0 amide bonds. The fraction of sp³-hybridized carbons (Fsp3) is 0.364. The van der Waals surface area contributed by atoms with Crippen molar-refractivity contribution < 1.29 is 0 Å². The number of pyridine rings is 2. The molecule has 2 heterocycles. The van der Waals surface area contributed by atoms with Crippen molar-refractivity contribution in [1.82, 2.24) is 9.97 Å². The van der Waals surface area contributed by atoms with E-state index >= 15 is 0 Å². The number of aryl methyl sites for hydroxylation is 2. The molecule has 0 aromatic carbocycles. The number of hydrogen-bond acceptors (Lipinski definition) is 2. The first-order valence-corrected chi connectivity index (χ1v) is 11.6. The maximum absolute atomic E-state index is 4.67. The Morgan fingerprint density at radius 1 is 0.880 bits per heavy atom. The molecule has 0 fully saturated rings. The molecule has 0 unspecified atom stereocenters. The molecule has 0 spiro atoms. The first-order chi connectivity index (χ1) is 12.0. The summed E-state index contributed by atoms with van der Waals surface area (Å²) in [6.07, 6.45) is 1.86. The molecular formula is C22H26N2Si. The quantitative estimate of drug-likeness (QED) is 0.564. The van der Waals surface area contributed by atoms with E-state index in [1.54, 1.807) is 0 Å². The highest BCUT2D eigenvalue weighted by molar-refractivity contribution is 6.87. The average Bonchev–Trinajstić information content (AvgIpc) is 2.64. The van der Waals surface area contributed by atoms with Gasteiger partial charge in [0.15, 0.2) is 0 Å². The molecule has 3 heteroatoms. The Labute approximate surface area is 153 Å². The minimum absolute atomic E-state index is 0.783. The Morgan fingerprint density at radius 3 is 2.16 bits per heavy atom. The first-order valence-electron chi connectivity index (χ1n) is 8.97. The normalized spacial score (nSPS) is 10.4. The second kappa shape index (κ2) is 8.65. The van der Waals surface area contributed by atoms with Crippen LogP contribution in [-0.2, 0) is 0 Å². The maximum atomic E-state index is 4.67. The average molecular weight is 347 g/mol. The van der Waals surface area contributed by atoms with Gasteiger partial charge in [0.2, 0.25) is 0 Å². The lowest BCUT2D eigenvalue weighted by molar-refractivity contribution is 1.19. The number of nitrogens with zero attached hydrogens (tertiary/aromatic N) is 2. The predicted molar refractivity (Wildman–Crippen MR) is 109 cm³/mol. The lowest BCUT2D eigenvalue weighted by Gasteiger charge is -2.19. The van der Waals surface area contributed by atoms with E-state index in [2.05, 4.69) is 54.0 Å². The summed E-state index contributed by atoms with van der Waals surface area (Å²) in [4.78, 5) is 9.12. The summed E-state index contributed by atoms with van der Waals surface area (Å²) in [7, 11) is -1.43. The van der Waals surface area contributed by atoms with E-state index in [0.29, 0.717) is 0 Å². The SMILES string of the molecule is CC[Si](C#CC#Cc1nc(-c2ccc(C)cn2)ccc1C)(CC)CC. The van der Waals surface area contributed by atoms with Gasteiger partial charge in [0, 0.05) is 6.20 Å². The van der Waals surface area contributed by atoms with Gasteiger partial charge >= 0.3 is 0 Å². The fourth-order valence-corrected chi connectivity index (χ4v) is 5.04. The van der Waals surface area contributed by atoms with Gasteiger partial charge in [0.25, 0.3) is 0 Å². The Bertz CT molecular complexity index is 833. The van der Waals surface area contributed by atoms with Gasteiger partial charge in [-0.25, -0.2) is 4.98 Å². The molecular weight excluding hydrogens is 320 g/mol. The Hall–Kier alpha value is -2.36. The summed E-state index contributed by atoms with van der Waals surface area (Å²) in [5, 5.41) is 0. The van der Waals surface area contributed by atoms with Crippen molar-refractivity contribution in [2.24, 2.45) is 0 Å². The topological polar surface area (TPSA) is 25.8 Å². The van der Waals surface area contributed by atoms with Gasteiger partial charge in [-0.15, -0.1) is 5.54 Å². The van der Waals surface area contributed by atoms with Gasteiger partial charge in [0.05, 0.1) is 11.4 Å². The molecule has 128 valence electrons. The smallest absolute Gasteiger partial charge is 0.139 e. The number of aromatic nitrogens is 2. The lowest BCUT2D eigenvalue weighted by Crippen LogP contribution is -2.29. The van der Waals surface area contributed by atoms with Crippen LogP contribution >= 0.6 is 0 Å². The van der Waals surface area contributed by atoms with Crippen LogP contribution in [0.3, 0.4) is 0 Å². The summed E-state index contributed by atoms with van der Waals surface area (Å²) >= 11 is 0. The van der Waals surface area contributed by atoms with Crippen molar-refractivity contribution in [2.45, 2.75) is 52.8 Å². The number of hydrogen-bond donors (Lipinski definition) is 0. The first kappa shape index (κ1) is 19.0. The monoisotopic (exact) mass is 346 g/mol. The van der Waals surface area contributed by atoms with Gasteiger partial charge in [-0.3, -0.25) is 4.98 Å². The van der Waals surface area contributed by atoms with Crippen LogP contribution in [0.2, 0.25) is 18.1 Å². The molecule has 25 heavy (non-hydrogen) atoms. The highest BCUT2D eigenvalue weighted by Crippen LogP contribution is 2.19. The van der Waals surface area contributed by atoms with Crippen LogP contribution in [0.15, 0.2) is 30.5 Å².